The van der Waals surface area contributed by atoms with E-state index in [1.54, 1.807) is 0 Å². The van der Waals surface area contributed by atoms with Gasteiger partial charge in [0.15, 0.2) is 0 Å². The first-order chi connectivity index (χ1) is 8.48. The predicted molar refractivity (Wildman–Crippen MR) is 62.1 cm³/mol. The van der Waals surface area contributed by atoms with Gasteiger partial charge in [-0.15, -0.1) is 10.1 Å². The second-order valence-corrected chi connectivity index (χ2v) is 5.47. The maximum Gasteiger partial charge on any atom is 0.371 e. The molecule has 0 aromatic carbocycles. The van der Waals surface area contributed by atoms with Gasteiger partial charge < -0.3 is 0 Å². The van der Waals surface area contributed by atoms with Crippen molar-refractivity contribution in [2.75, 3.05) is 6.66 Å². The molecule has 0 aliphatic rings. The molecule has 0 aliphatic carbocycles. The molecule has 0 atom stereocenters. The monoisotopic (exact) mass is 294 g/mol. The van der Waals surface area contributed by atoms with Gasteiger partial charge in [0.25, 0.3) is 23.6 Å². The summed E-state index contributed by atoms with van der Waals surface area (Å²) in [6.45, 7) is 4.94. The number of amides is 4. The molecule has 0 saturated carbocycles. The summed E-state index contributed by atoms with van der Waals surface area (Å²) in [5.74, 6) is -3.29. The van der Waals surface area contributed by atoms with Crippen LogP contribution in [0, 0.1) is 0 Å². The van der Waals surface area contributed by atoms with Crippen molar-refractivity contribution in [1.82, 2.24) is 10.1 Å². The van der Waals surface area contributed by atoms with Crippen LogP contribution in [-0.4, -0.2) is 40.4 Å². The summed E-state index contributed by atoms with van der Waals surface area (Å²) in [5.41, 5.74) is 0. The average molecular weight is 294 g/mol. The Labute approximate surface area is 109 Å². The van der Waals surface area contributed by atoms with Gasteiger partial charge in [0.1, 0.15) is 0 Å². The first-order valence-corrected chi connectivity index (χ1v) is 7.06. The number of carbonyl (C=O) groups is 4. The Morgan fingerprint density at radius 2 is 0.947 bits per heavy atom. The molecule has 0 radical (unpaired) electrons. The summed E-state index contributed by atoms with van der Waals surface area (Å²) in [4.78, 5) is 44.3. The molecule has 0 N–H and O–H groups in total. The van der Waals surface area contributed by atoms with Gasteiger partial charge in [-0.2, -0.15) is 9.25 Å². The zero-order valence-electron chi connectivity index (χ0n) is 11.2. The third-order valence-corrected chi connectivity index (χ3v) is 2.52. The zero-order chi connectivity index (χ0) is 15.4. The van der Waals surface area contributed by atoms with E-state index in [9.17, 15) is 23.7 Å². The molecular weight excluding hydrogens is 279 g/mol. The van der Waals surface area contributed by atoms with E-state index in [4.69, 9.17) is 0 Å². The van der Waals surface area contributed by atoms with Gasteiger partial charge in [0.2, 0.25) is 0 Å². The minimum atomic E-state index is -4.05. The predicted octanol–water partition coefficient (Wildman–Crippen LogP) is 0.463. The molecule has 0 aromatic rings. The molecule has 10 heteroatoms. The third-order valence-electron chi connectivity index (χ3n) is 1.60. The number of hydroxylamine groups is 4. The third kappa shape index (κ3) is 5.73. The molecule has 108 valence electrons. The van der Waals surface area contributed by atoms with E-state index in [1.807, 2.05) is 0 Å². The van der Waals surface area contributed by atoms with Crippen LogP contribution in [0.25, 0.3) is 0 Å². The summed E-state index contributed by atoms with van der Waals surface area (Å²) < 4.78 is 21.1. The van der Waals surface area contributed by atoms with Crippen molar-refractivity contribution in [2.45, 2.75) is 27.7 Å². The molecule has 0 unspecified atom stereocenters. The summed E-state index contributed by atoms with van der Waals surface area (Å²) in [7, 11) is -4.05. The van der Waals surface area contributed by atoms with Crippen LogP contribution in [0.5, 0.6) is 0 Å². The van der Waals surface area contributed by atoms with Crippen LogP contribution in [0.1, 0.15) is 27.7 Å². The van der Waals surface area contributed by atoms with E-state index in [1.165, 1.54) is 0 Å². The smallest absolute Gasteiger partial charge is 0.272 e. The number of rotatable bonds is 4. The minimum Gasteiger partial charge on any atom is -0.272 e. The fourth-order valence-electron chi connectivity index (χ4n) is 0.985. The molecule has 0 bridgehead atoms. The molecule has 4 amide bonds. The first-order valence-electron chi connectivity index (χ1n) is 5.07. The molecule has 0 fully saturated rings. The fraction of sp³-hybridized carbons (Fsp3) is 0.556. The van der Waals surface area contributed by atoms with Crippen LogP contribution in [0.15, 0.2) is 0 Å². The lowest BCUT2D eigenvalue weighted by Crippen LogP contribution is -2.36. The highest BCUT2D eigenvalue weighted by molar-refractivity contribution is 7.52. The maximum atomic E-state index is 11.9. The fourth-order valence-corrected chi connectivity index (χ4v) is 2.07. The van der Waals surface area contributed by atoms with E-state index < -0.39 is 31.2 Å². The van der Waals surface area contributed by atoms with Crippen molar-refractivity contribution in [1.29, 1.82) is 0 Å². The van der Waals surface area contributed by atoms with Crippen molar-refractivity contribution in [3.8, 4) is 0 Å². The topological polar surface area (TPSA) is 110 Å². The van der Waals surface area contributed by atoms with Gasteiger partial charge in [0.05, 0.1) is 0 Å². The van der Waals surface area contributed by atoms with E-state index in [2.05, 4.69) is 9.25 Å². The second-order valence-electron chi connectivity index (χ2n) is 3.60. The lowest BCUT2D eigenvalue weighted by Gasteiger charge is -2.24. The standard InChI is InChI=1S/C9H15N2O7P/c1-6(12)10(7(2)13)17-19(5,16)18-11(8(3)14)9(4)15/h1-5H3. The van der Waals surface area contributed by atoms with Crippen molar-refractivity contribution in [3.05, 3.63) is 0 Å². The Morgan fingerprint density at radius 1 is 0.737 bits per heavy atom. The van der Waals surface area contributed by atoms with Crippen molar-refractivity contribution >= 4 is 31.2 Å². The Balaban J connectivity index is 5.02. The van der Waals surface area contributed by atoms with Crippen LogP contribution >= 0.6 is 7.60 Å². The van der Waals surface area contributed by atoms with Crippen molar-refractivity contribution < 1.29 is 33.0 Å². The maximum absolute atomic E-state index is 11.9. The molecule has 0 heterocycles. The molecule has 0 aliphatic heterocycles. The summed E-state index contributed by atoms with van der Waals surface area (Å²) >= 11 is 0. The number of hydrogen-bond donors (Lipinski definition) is 0. The number of nitrogens with zero attached hydrogens (tertiary/aromatic N) is 2. The van der Waals surface area contributed by atoms with Crippen molar-refractivity contribution in [2.24, 2.45) is 0 Å². The van der Waals surface area contributed by atoms with E-state index in [0.29, 0.717) is 0 Å². The summed E-state index contributed by atoms with van der Waals surface area (Å²) in [6.07, 6.45) is 0. The largest absolute Gasteiger partial charge is 0.371 e. The SMILES string of the molecule is CC(=O)N(OP(C)(=O)ON(C(C)=O)C(C)=O)C(C)=O. The molecule has 9 nitrogen and oxygen atoms in total. The lowest BCUT2D eigenvalue weighted by atomic mass is 10.6. The molecule has 0 rings (SSSR count). The van der Waals surface area contributed by atoms with Crippen LogP contribution in [0.3, 0.4) is 0 Å². The van der Waals surface area contributed by atoms with Gasteiger partial charge in [-0.1, -0.05) is 0 Å². The van der Waals surface area contributed by atoms with E-state index in [-0.39, 0.29) is 10.1 Å². The summed E-state index contributed by atoms with van der Waals surface area (Å²) in [5, 5.41) is 0.443. The van der Waals surface area contributed by atoms with Gasteiger partial charge in [-0.3, -0.25) is 23.7 Å². The normalized spacial score (nSPS) is 10.8. The Hall–Kier alpha value is -1.57. The number of imide groups is 2. The first kappa shape index (κ1) is 17.4. The van der Waals surface area contributed by atoms with E-state index >= 15 is 0 Å². The Bertz CT molecular complexity index is 395. The molecule has 0 saturated heterocycles. The van der Waals surface area contributed by atoms with Crippen LogP contribution in [0.4, 0.5) is 0 Å². The minimum absolute atomic E-state index is 0.221. The summed E-state index contributed by atoms with van der Waals surface area (Å²) in [6, 6.07) is 0. The van der Waals surface area contributed by atoms with Gasteiger partial charge in [0, 0.05) is 34.4 Å². The molecule has 0 spiro atoms. The lowest BCUT2D eigenvalue weighted by molar-refractivity contribution is -0.181. The highest BCUT2D eigenvalue weighted by Gasteiger charge is 2.32. The molecule has 0 aromatic heterocycles. The van der Waals surface area contributed by atoms with Gasteiger partial charge in [-0.25, -0.2) is 0 Å². The second kappa shape index (κ2) is 6.55. The van der Waals surface area contributed by atoms with Crippen molar-refractivity contribution in [3.63, 3.8) is 0 Å². The molecule has 19 heavy (non-hydrogen) atoms. The van der Waals surface area contributed by atoms with Gasteiger partial charge in [-0.05, 0) is 0 Å². The average Bonchev–Trinajstić information content (AvgIpc) is 2.21. The van der Waals surface area contributed by atoms with Crippen LogP contribution in [0.2, 0.25) is 0 Å². The van der Waals surface area contributed by atoms with Crippen LogP contribution in [-0.2, 0) is 33.0 Å². The highest BCUT2D eigenvalue weighted by Crippen LogP contribution is 2.45. The van der Waals surface area contributed by atoms with Crippen LogP contribution < -0.4 is 0 Å². The quantitative estimate of drug-likeness (QED) is 0.547. The number of carbonyl (C=O) groups excluding carboxylic acids is 4. The Kier molecular flexibility index (Phi) is 6.01. The van der Waals surface area contributed by atoms with Gasteiger partial charge >= 0.3 is 7.60 Å². The zero-order valence-corrected chi connectivity index (χ0v) is 12.1. The number of hydrogen-bond acceptors (Lipinski definition) is 7. The highest BCUT2D eigenvalue weighted by atomic mass is 31.2. The van der Waals surface area contributed by atoms with E-state index in [0.717, 1.165) is 34.4 Å². The molecular formula is C9H15N2O7P. The Morgan fingerprint density at radius 3 is 1.11 bits per heavy atom.